The summed E-state index contributed by atoms with van der Waals surface area (Å²) in [5.74, 6) is 0. The maximum Gasteiger partial charge on any atom is 0.0207 e. The molecule has 2 rings (SSSR count). The second-order valence-corrected chi connectivity index (χ2v) is 4.08. The zero-order valence-electron chi connectivity index (χ0n) is 8.22. The van der Waals surface area contributed by atoms with E-state index >= 15 is 0 Å². The summed E-state index contributed by atoms with van der Waals surface area (Å²) in [7, 11) is 0. The van der Waals surface area contributed by atoms with Gasteiger partial charge in [-0.25, -0.2) is 0 Å². The van der Waals surface area contributed by atoms with Gasteiger partial charge in [0.1, 0.15) is 0 Å². The molecule has 1 heterocycles. The molecule has 2 N–H and O–H groups in total. The molecule has 0 saturated carbocycles. The Morgan fingerprint density at radius 2 is 1.77 bits per heavy atom. The Balaban J connectivity index is 2.39. The molecule has 0 aliphatic carbocycles. The van der Waals surface area contributed by atoms with Crippen LogP contribution in [0.25, 0.3) is 0 Å². The van der Waals surface area contributed by atoms with E-state index in [1.165, 1.54) is 11.1 Å². The van der Waals surface area contributed by atoms with Crippen LogP contribution >= 0.6 is 0 Å². The second-order valence-electron chi connectivity index (χ2n) is 4.08. The molecule has 1 saturated heterocycles. The Kier molecular flexibility index (Phi) is 2.10. The molecule has 0 spiro atoms. The highest BCUT2D eigenvalue weighted by atomic mass is 15.4. The molecule has 2 nitrogen and oxygen atoms in total. The van der Waals surface area contributed by atoms with Crippen LogP contribution in [0.5, 0.6) is 0 Å². The highest BCUT2D eigenvalue weighted by molar-refractivity contribution is 5.34. The maximum absolute atomic E-state index is 3.19. The number of hydrogen-bond donors (Lipinski definition) is 2. The summed E-state index contributed by atoms with van der Waals surface area (Å²) in [6, 6.07) is 8.62. The third kappa shape index (κ3) is 1.47. The van der Waals surface area contributed by atoms with E-state index < -0.39 is 0 Å². The fourth-order valence-corrected chi connectivity index (χ4v) is 2.02. The molecule has 0 amide bonds. The second kappa shape index (κ2) is 3.13. The summed E-state index contributed by atoms with van der Waals surface area (Å²) in [4.78, 5) is 0. The van der Waals surface area contributed by atoms with Gasteiger partial charge in [-0.1, -0.05) is 31.2 Å². The summed E-state index contributed by atoms with van der Waals surface area (Å²) >= 11 is 0. The highest BCUT2D eigenvalue weighted by Crippen LogP contribution is 2.26. The van der Waals surface area contributed by atoms with Gasteiger partial charge in [0.2, 0.25) is 0 Å². The molecular weight excluding hydrogens is 160 g/mol. The topological polar surface area (TPSA) is 24.1 Å². The van der Waals surface area contributed by atoms with E-state index in [9.17, 15) is 0 Å². The number of rotatable bonds is 1. The van der Waals surface area contributed by atoms with Gasteiger partial charge in [0.05, 0.1) is 0 Å². The normalized spacial score (nSPS) is 20.5. The minimum absolute atomic E-state index is 0.255. The number of aryl methyl sites for hydroxylation is 1. The zero-order valence-corrected chi connectivity index (χ0v) is 8.22. The monoisotopic (exact) mass is 176 g/mol. The molecular formula is C11H16N2. The molecule has 0 bridgehead atoms. The lowest BCUT2D eigenvalue weighted by atomic mass is 9.81. The molecule has 0 radical (unpaired) electrons. The van der Waals surface area contributed by atoms with Crippen LogP contribution < -0.4 is 10.9 Å². The molecule has 0 aromatic heterocycles. The van der Waals surface area contributed by atoms with E-state index in [-0.39, 0.29) is 5.41 Å². The summed E-state index contributed by atoms with van der Waals surface area (Å²) in [6.07, 6.45) is 0. The average Bonchev–Trinajstić information content (AvgIpc) is 2.54. The maximum atomic E-state index is 3.19. The van der Waals surface area contributed by atoms with E-state index in [0.717, 1.165) is 13.1 Å². The Morgan fingerprint density at radius 3 is 2.38 bits per heavy atom. The first-order valence-electron chi connectivity index (χ1n) is 4.74. The molecule has 0 atom stereocenters. The smallest absolute Gasteiger partial charge is 0.0207 e. The van der Waals surface area contributed by atoms with Crippen molar-refractivity contribution in [2.45, 2.75) is 19.3 Å². The van der Waals surface area contributed by atoms with Crippen LogP contribution in [0.1, 0.15) is 18.1 Å². The Hall–Kier alpha value is -0.860. The third-order valence-electron chi connectivity index (χ3n) is 2.88. The lowest BCUT2D eigenvalue weighted by Crippen LogP contribution is -2.28. The van der Waals surface area contributed by atoms with Crippen molar-refractivity contribution >= 4 is 0 Å². The Bertz CT molecular complexity index is 301. The standard InChI is InChI=1S/C11H16N2/c1-9-5-3-4-6-10(9)11(2)7-12-13-8-11/h3-6,12-13H,7-8H2,1-2H3. The predicted octanol–water partition coefficient (Wildman–Crippen LogP) is 1.36. The Morgan fingerprint density at radius 1 is 1.15 bits per heavy atom. The van der Waals surface area contributed by atoms with Crippen LogP contribution in [0.15, 0.2) is 24.3 Å². The molecule has 2 heteroatoms. The zero-order chi connectivity index (χ0) is 9.31. The molecule has 1 fully saturated rings. The molecule has 0 unspecified atom stereocenters. The average molecular weight is 176 g/mol. The van der Waals surface area contributed by atoms with Gasteiger partial charge >= 0.3 is 0 Å². The van der Waals surface area contributed by atoms with Gasteiger partial charge in [-0.15, -0.1) is 0 Å². The predicted molar refractivity (Wildman–Crippen MR) is 54.5 cm³/mol. The van der Waals surface area contributed by atoms with Crippen LogP contribution in [-0.2, 0) is 5.41 Å². The van der Waals surface area contributed by atoms with Gasteiger partial charge in [0, 0.05) is 18.5 Å². The van der Waals surface area contributed by atoms with Gasteiger partial charge in [-0.05, 0) is 18.1 Å². The first-order valence-corrected chi connectivity index (χ1v) is 4.74. The van der Waals surface area contributed by atoms with Gasteiger partial charge in [-0.2, -0.15) is 0 Å². The van der Waals surface area contributed by atoms with E-state index in [2.05, 4.69) is 49.0 Å². The largest absolute Gasteiger partial charge is 0.257 e. The minimum atomic E-state index is 0.255. The third-order valence-corrected chi connectivity index (χ3v) is 2.88. The van der Waals surface area contributed by atoms with E-state index in [1.54, 1.807) is 0 Å². The first-order chi connectivity index (χ1) is 6.22. The number of hydrazine groups is 1. The van der Waals surface area contributed by atoms with Crippen molar-refractivity contribution in [3.05, 3.63) is 35.4 Å². The van der Waals surface area contributed by atoms with Crippen LogP contribution in [0.2, 0.25) is 0 Å². The van der Waals surface area contributed by atoms with Crippen molar-refractivity contribution in [1.29, 1.82) is 0 Å². The van der Waals surface area contributed by atoms with Crippen molar-refractivity contribution in [3.8, 4) is 0 Å². The lowest BCUT2D eigenvalue weighted by Gasteiger charge is -2.24. The fourth-order valence-electron chi connectivity index (χ4n) is 2.02. The van der Waals surface area contributed by atoms with E-state index in [1.807, 2.05) is 0 Å². The molecule has 13 heavy (non-hydrogen) atoms. The quantitative estimate of drug-likeness (QED) is 0.675. The van der Waals surface area contributed by atoms with Gasteiger partial charge in [-0.3, -0.25) is 10.9 Å². The van der Waals surface area contributed by atoms with Crippen LogP contribution in [0.4, 0.5) is 0 Å². The van der Waals surface area contributed by atoms with Crippen LogP contribution in [0.3, 0.4) is 0 Å². The van der Waals surface area contributed by atoms with Crippen LogP contribution in [0, 0.1) is 6.92 Å². The van der Waals surface area contributed by atoms with Crippen molar-refractivity contribution in [3.63, 3.8) is 0 Å². The van der Waals surface area contributed by atoms with Gasteiger partial charge in [0.25, 0.3) is 0 Å². The van der Waals surface area contributed by atoms with Crippen LogP contribution in [-0.4, -0.2) is 13.1 Å². The van der Waals surface area contributed by atoms with Crippen molar-refractivity contribution in [2.75, 3.05) is 13.1 Å². The highest BCUT2D eigenvalue weighted by Gasteiger charge is 2.31. The van der Waals surface area contributed by atoms with Crippen molar-refractivity contribution in [1.82, 2.24) is 10.9 Å². The summed E-state index contributed by atoms with van der Waals surface area (Å²) in [5, 5.41) is 0. The van der Waals surface area contributed by atoms with E-state index in [4.69, 9.17) is 0 Å². The first kappa shape index (κ1) is 8.73. The molecule has 1 aliphatic heterocycles. The molecule has 1 aliphatic rings. The summed E-state index contributed by atoms with van der Waals surface area (Å²) in [6.45, 7) is 6.50. The number of hydrogen-bond acceptors (Lipinski definition) is 2. The summed E-state index contributed by atoms with van der Waals surface area (Å²) in [5.41, 5.74) is 9.47. The van der Waals surface area contributed by atoms with E-state index in [0.29, 0.717) is 0 Å². The minimum Gasteiger partial charge on any atom is -0.257 e. The fraction of sp³-hybridized carbons (Fsp3) is 0.455. The SMILES string of the molecule is Cc1ccccc1C1(C)CNNC1. The lowest BCUT2D eigenvalue weighted by molar-refractivity contribution is 0.550. The van der Waals surface area contributed by atoms with Gasteiger partial charge < -0.3 is 0 Å². The summed E-state index contributed by atoms with van der Waals surface area (Å²) < 4.78 is 0. The van der Waals surface area contributed by atoms with Crippen molar-refractivity contribution < 1.29 is 0 Å². The number of benzene rings is 1. The number of nitrogens with one attached hydrogen (secondary N) is 2. The molecule has 1 aromatic carbocycles. The molecule has 1 aromatic rings. The Labute approximate surface area is 79.3 Å². The van der Waals surface area contributed by atoms with Gasteiger partial charge in [0.15, 0.2) is 0 Å². The van der Waals surface area contributed by atoms with Crippen molar-refractivity contribution in [2.24, 2.45) is 0 Å². The molecule has 70 valence electrons.